The van der Waals surface area contributed by atoms with Crippen molar-refractivity contribution in [3.05, 3.63) is 50.1 Å². The lowest BCUT2D eigenvalue weighted by Gasteiger charge is -2.26. The molecule has 21 heavy (non-hydrogen) atoms. The second-order valence-electron chi connectivity index (χ2n) is 4.87. The number of thioether (sulfide) groups is 1. The number of hydrogen-bond acceptors (Lipinski definition) is 6. The van der Waals surface area contributed by atoms with Gasteiger partial charge in [-0.05, 0) is 5.56 Å². The first-order valence-corrected chi connectivity index (χ1v) is 7.61. The van der Waals surface area contributed by atoms with Crippen LogP contribution in [0.1, 0.15) is 17.9 Å². The molecule has 0 radical (unpaired) electrons. The summed E-state index contributed by atoms with van der Waals surface area (Å²) in [5, 5.41) is 21.7. The Labute approximate surface area is 125 Å². The van der Waals surface area contributed by atoms with Crippen molar-refractivity contribution in [3.63, 3.8) is 0 Å². The summed E-state index contributed by atoms with van der Waals surface area (Å²) in [6, 6.07) is 5.79. The maximum absolute atomic E-state index is 12.0. The molecule has 1 heterocycles. The van der Waals surface area contributed by atoms with Gasteiger partial charge in [-0.15, -0.1) is 0 Å². The molecule has 1 aliphatic heterocycles. The number of carbonyl (C=O) groups excluding carboxylic acids is 1. The Kier molecular flexibility index (Phi) is 4.89. The van der Waals surface area contributed by atoms with Gasteiger partial charge in [-0.25, -0.2) is 0 Å². The quantitative estimate of drug-likeness (QED) is 0.610. The molecule has 1 aliphatic rings. The van der Waals surface area contributed by atoms with Crippen LogP contribution in [0.5, 0.6) is 0 Å². The molecule has 8 heteroatoms. The molecule has 0 aromatic heterocycles. The first-order chi connectivity index (χ1) is 9.99. The molecule has 1 fully saturated rings. The largest absolute Gasteiger partial charge is 0.299 e. The third-order valence-corrected chi connectivity index (χ3v) is 4.63. The standard InChI is InChI=1S/C13H14N2O5S/c16-13-4-5-21-8-12(13)11(7-14(17)18)9-2-1-3-10(6-9)15(19)20/h1-3,6,11-12H,4-5,7-8H2/t11-,12-/m1/s1. The number of benzene rings is 1. The van der Waals surface area contributed by atoms with Crippen LogP contribution in [0.2, 0.25) is 0 Å². The van der Waals surface area contributed by atoms with E-state index in [0.29, 0.717) is 17.7 Å². The molecule has 2 atom stereocenters. The summed E-state index contributed by atoms with van der Waals surface area (Å²) in [5.41, 5.74) is 0.374. The Balaban J connectivity index is 2.35. The molecule has 2 rings (SSSR count). The number of non-ortho nitro benzene ring substituents is 1. The SMILES string of the molecule is O=C1CCSC[C@@H]1[C@H](C[N+](=O)[O-])c1cccc([N+](=O)[O-])c1. The lowest BCUT2D eigenvalue weighted by Crippen LogP contribution is -2.32. The first-order valence-electron chi connectivity index (χ1n) is 6.45. The number of rotatable bonds is 5. The monoisotopic (exact) mass is 310 g/mol. The molecular weight excluding hydrogens is 296 g/mol. The van der Waals surface area contributed by atoms with E-state index in [-0.39, 0.29) is 11.5 Å². The van der Waals surface area contributed by atoms with E-state index in [1.54, 1.807) is 17.8 Å². The van der Waals surface area contributed by atoms with Crippen LogP contribution in [-0.2, 0) is 4.79 Å². The van der Waals surface area contributed by atoms with Crippen LogP contribution in [0.3, 0.4) is 0 Å². The van der Waals surface area contributed by atoms with Crippen LogP contribution in [0.4, 0.5) is 5.69 Å². The maximum atomic E-state index is 12.0. The number of nitrogens with zero attached hydrogens (tertiary/aromatic N) is 2. The maximum Gasteiger partial charge on any atom is 0.269 e. The molecule has 112 valence electrons. The van der Waals surface area contributed by atoms with Crippen LogP contribution in [0.25, 0.3) is 0 Å². The van der Waals surface area contributed by atoms with E-state index < -0.39 is 28.2 Å². The Morgan fingerprint density at radius 2 is 2.10 bits per heavy atom. The molecule has 1 aromatic rings. The molecule has 0 aliphatic carbocycles. The summed E-state index contributed by atoms with van der Waals surface area (Å²) in [5.74, 6) is 0.207. The van der Waals surface area contributed by atoms with Crippen molar-refractivity contribution in [2.45, 2.75) is 12.3 Å². The van der Waals surface area contributed by atoms with E-state index in [1.165, 1.54) is 18.2 Å². The van der Waals surface area contributed by atoms with E-state index in [2.05, 4.69) is 0 Å². The van der Waals surface area contributed by atoms with Crippen LogP contribution in [0.15, 0.2) is 24.3 Å². The molecule has 7 nitrogen and oxygen atoms in total. The zero-order valence-corrected chi connectivity index (χ0v) is 12.0. The van der Waals surface area contributed by atoms with Gasteiger partial charge in [0.05, 0.1) is 10.8 Å². The molecule has 0 spiro atoms. The van der Waals surface area contributed by atoms with Gasteiger partial charge < -0.3 is 0 Å². The molecule has 0 unspecified atom stereocenters. The summed E-state index contributed by atoms with van der Waals surface area (Å²) < 4.78 is 0. The van der Waals surface area contributed by atoms with Crippen molar-refractivity contribution in [1.82, 2.24) is 0 Å². The average Bonchev–Trinajstić information content (AvgIpc) is 2.45. The minimum atomic E-state index is -0.611. The molecular formula is C13H14N2O5S. The number of Topliss-reactive ketones (excluding diaryl/α,β-unsaturated/α-hetero) is 1. The van der Waals surface area contributed by atoms with E-state index in [0.717, 1.165) is 5.75 Å². The summed E-state index contributed by atoms with van der Waals surface area (Å²) in [4.78, 5) is 32.8. The highest BCUT2D eigenvalue weighted by molar-refractivity contribution is 7.99. The fourth-order valence-corrected chi connectivity index (χ4v) is 3.68. The summed E-state index contributed by atoms with van der Waals surface area (Å²) in [6.07, 6.45) is 0.401. The fourth-order valence-electron chi connectivity index (χ4n) is 2.50. The van der Waals surface area contributed by atoms with Crippen molar-refractivity contribution in [1.29, 1.82) is 0 Å². The third-order valence-electron chi connectivity index (χ3n) is 3.54. The molecule has 0 bridgehead atoms. The van der Waals surface area contributed by atoms with Crippen molar-refractivity contribution >= 4 is 23.2 Å². The highest BCUT2D eigenvalue weighted by Crippen LogP contribution is 2.34. The number of nitro benzene ring substituents is 1. The fraction of sp³-hybridized carbons (Fsp3) is 0.462. The van der Waals surface area contributed by atoms with E-state index >= 15 is 0 Å². The summed E-state index contributed by atoms with van der Waals surface area (Å²) in [7, 11) is 0. The minimum Gasteiger partial charge on any atom is -0.299 e. The van der Waals surface area contributed by atoms with Gasteiger partial charge in [0, 0.05) is 40.9 Å². The normalized spacial score (nSPS) is 20.0. The van der Waals surface area contributed by atoms with Crippen molar-refractivity contribution in [2.24, 2.45) is 5.92 Å². The van der Waals surface area contributed by atoms with Crippen molar-refractivity contribution in [3.8, 4) is 0 Å². The molecule has 1 saturated heterocycles. The molecule has 1 aromatic carbocycles. The Bertz CT molecular complexity index is 577. The van der Waals surface area contributed by atoms with Gasteiger partial charge in [-0.2, -0.15) is 11.8 Å². The highest BCUT2D eigenvalue weighted by Gasteiger charge is 2.35. The predicted octanol–water partition coefficient (Wildman–Crippen LogP) is 2.28. The first kappa shape index (κ1) is 15.4. The average molecular weight is 310 g/mol. The number of carbonyl (C=O) groups is 1. The second-order valence-corrected chi connectivity index (χ2v) is 6.02. The molecule has 0 N–H and O–H groups in total. The Morgan fingerprint density at radius 1 is 1.33 bits per heavy atom. The minimum absolute atomic E-state index is 0.00658. The Hall–Kier alpha value is -1.96. The smallest absolute Gasteiger partial charge is 0.269 e. The molecule has 0 amide bonds. The topological polar surface area (TPSA) is 103 Å². The lowest BCUT2D eigenvalue weighted by atomic mass is 9.83. The summed E-state index contributed by atoms with van der Waals surface area (Å²) in [6.45, 7) is -0.391. The van der Waals surface area contributed by atoms with Crippen molar-refractivity contribution < 1.29 is 14.6 Å². The number of hydrogen-bond donors (Lipinski definition) is 0. The highest BCUT2D eigenvalue weighted by atomic mass is 32.2. The molecule has 0 saturated carbocycles. The number of ketones is 1. The van der Waals surface area contributed by atoms with E-state index in [9.17, 15) is 25.0 Å². The van der Waals surface area contributed by atoms with Crippen LogP contribution in [-0.4, -0.2) is 33.7 Å². The van der Waals surface area contributed by atoms with Crippen LogP contribution < -0.4 is 0 Å². The zero-order valence-electron chi connectivity index (χ0n) is 11.1. The van der Waals surface area contributed by atoms with Gasteiger partial charge in [0.15, 0.2) is 0 Å². The van der Waals surface area contributed by atoms with Gasteiger partial charge in [0.1, 0.15) is 5.78 Å². The lowest BCUT2D eigenvalue weighted by molar-refractivity contribution is -0.484. The van der Waals surface area contributed by atoms with Gasteiger partial charge in [-0.3, -0.25) is 25.0 Å². The number of nitro groups is 2. The summed E-state index contributed by atoms with van der Waals surface area (Å²) >= 11 is 1.59. The third kappa shape index (κ3) is 3.78. The zero-order chi connectivity index (χ0) is 15.4. The van der Waals surface area contributed by atoms with Crippen LogP contribution >= 0.6 is 11.8 Å². The van der Waals surface area contributed by atoms with Crippen molar-refractivity contribution in [2.75, 3.05) is 18.1 Å². The van der Waals surface area contributed by atoms with Gasteiger partial charge in [-0.1, -0.05) is 12.1 Å². The van der Waals surface area contributed by atoms with Gasteiger partial charge in [0.2, 0.25) is 6.54 Å². The van der Waals surface area contributed by atoms with Crippen LogP contribution in [0, 0.1) is 26.1 Å². The van der Waals surface area contributed by atoms with E-state index in [1.807, 2.05) is 0 Å². The van der Waals surface area contributed by atoms with E-state index in [4.69, 9.17) is 0 Å². The second kappa shape index (κ2) is 6.66. The van der Waals surface area contributed by atoms with Gasteiger partial charge >= 0.3 is 0 Å². The predicted molar refractivity (Wildman–Crippen MR) is 78.1 cm³/mol. The van der Waals surface area contributed by atoms with Gasteiger partial charge in [0.25, 0.3) is 5.69 Å². The Morgan fingerprint density at radius 3 is 2.71 bits per heavy atom.